The van der Waals surface area contributed by atoms with Crippen molar-refractivity contribution in [3.8, 4) is 11.1 Å². The summed E-state index contributed by atoms with van der Waals surface area (Å²) < 4.78 is 0. The highest BCUT2D eigenvalue weighted by Gasteiger charge is 2.32. The SMILES string of the molecule is CCCCC(=O)N(Cc1ccc(-c2ccccc2/C(C)=N/N=N\N)cc1)[C@H](C(=O)O)C(C)C. The lowest BCUT2D eigenvalue weighted by molar-refractivity contribution is -0.153. The van der Waals surface area contributed by atoms with Crippen LogP contribution in [-0.4, -0.2) is 33.6 Å². The Morgan fingerprint density at radius 1 is 1.09 bits per heavy atom. The van der Waals surface area contributed by atoms with E-state index in [0.29, 0.717) is 12.1 Å². The number of amides is 1. The molecule has 1 amide bonds. The highest BCUT2D eigenvalue weighted by atomic mass is 16.4. The van der Waals surface area contributed by atoms with Gasteiger partial charge in [0, 0.05) is 18.5 Å². The fourth-order valence-electron chi connectivity index (χ4n) is 3.78. The second-order valence-electron chi connectivity index (χ2n) is 8.29. The molecule has 1 atom stereocenters. The molecule has 0 saturated heterocycles. The standard InChI is InChI=1S/C25H33N5O3/c1-5-6-11-23(31)30(24(17(2)3)25(32)33)16-19-12-14-20(15-13-19)22-10-8-7-9-21(22)18(4)27-29-28-26/h7-10,12-15,17,24H,5-6,11,16H2,1-4H3,(H2,26,29)(H,32,33)/b27-18+/t24-/m0/s1. The Balaban J connectivity index is 2.35. The van der Waals surface area contributed by atoms with Crippen LogP contribution in [0.15, 0.2) is 64.1 Å². The summed E-state index contributed by atoms with van der Waals surface area (Å²) in [6.07, 6.45) is 1.96. The second kappa shape index (κ2) is 12.5. The molecular formula is C25H33N5O3. The zero-order valence-corrected chi connectivity index (χ0v) is 19.7. The van der Waals surface area contributed by atoms with Crippen LogP contribution in [0.25, 0.3) is 11.1 Å². The molecule has 0 radical (unpaired) electrons. The number of hydrogen-bond donors (Lipinski definition) is 2. The van der Waals surface area contributed by atoms with Crippen molar-refractivity contribution in [1.29, 1.82) is 0 Å². The third-order valence-electron chi connectivity index (χ3n) is 5.47. The molecule has 2 aromatic carbocycles. The van der Waals surface area contributed by atoms with E-state index in [1.807, 2.05) is 76.2 Å². The molecule has 0 aromatic heterocycles. The summed E-state index contributed by atoms with van der Waals surface area (Å²) >= 11 is 0. The third kappa shape index (κ3) is 6.97. The van der Waals surface area contributed by atoms with Crippen LogP contribution < -0.4 is 5.84 Å². The fraction of sp³-hybridized carbons (Fsp3) is 0.400. The minimum atomic E-state index is -0.982. The van der Waals surface area contributed by atoms with Gasteiger partial charge < -0.3 is 15.8 Å². The summed E-state index contributed by atoms with van der Waals surface area (Å²) in [5.74, 6) is 3.74. The lowest BCUT2D eigenvalue weighted by atomic mass is 9.96. The van der Waals surface area contributed by atoms with Crippen LogP contribution in [0, 0.1) is 5.92 Å². The molecule has 0 spiro atoms. The molecule has 3 N–H and O–H groups in total. The van der Waals surface area contributed by atoms with Crippen LogP contribution >= 0.6 is 0 Å². The minimum absolute atomic E-state index is 0.131. The van der Waals surface area contributed by atoms with E-state index < -0.39 is 12.0 Å². The van der Waals surface area contributed by atoms with Gasteiger partial charge in [0.05, 0.1) is 5.71 Å². The normalized spacial score (nSPS) is 12.8. The number of carboxylic acids is 1. The van der Waals surface area contributed by atoms with E-state index in [2.05, 4.69) is 15.5 Å². The van der Waals surface area contributed by atoms with Crippen LogP contribution in [0.4, 0.5) is 0 Å². The zero-order chi connectivity index (χ0) is 24.4. The van der Waals surface area contributed by atoms with Crippen molar-refractivity contribution < 1.29 is 14.7 Å². The molecule has 2 aromatic rings. The number of hydrogen-bond acceptors (Lipinski definition) is 4. The Morgan fingerprint density at radius 2 is 1.76 bits per heavy atom. The predicted octanol–water partition coefficient (Wildman–Crippen LogP) is 5.03. The Morgan fingerprint density at radius 3 is 2.33 bits per heavy atom. The lowest BCUT2D eigenvalue weighted by Gasteiger charge is -2.32. The summed E-state index contributed by atoms with van der Waals surface area (Å²) in [4.78, 5) is 26.3. The maximum Gasteiger partial charge on any atom is 0.326 e. The van der Waals surface area contributed by atoms with Gasteiger partial charge in [-0.1, -0.05) is 80.9 Å². The van der Waals surface area contributed by atoms with E-state index in [1.165, 1.54) is 4.90 Å². The number of benzene rings is 2. The molecule has 0 bridgehead atoms. The van der Waals surface area contributed by atoms with Crippen LogP contribution in [0.2, 0.25) is 0 Å². The van der Waals surface area contributed by atoms with Gasteiger partial charge in [0.15, 0.2) is 0 Å². The Bertz CT molecular complexity index is 999. The first kappa shape index (κ1) is 25.7. The quantitative estimate of drug-likeness (QED) is 0.215. The first-order valence-electron chi connectivity index (χ1n) is 11.2. The summed E-state index contributed by atoms with van der Waals surface area (Å²) in [7, 11) is 0. The van der Waals surface area contributed by atoms with Crippen molar-refractivity contribution in [3.05, 3.63) is 59.7 Å². The van der Waals surface area contributed by atoms with Gasteiger partial charge >= 0.3 is 5.97 Å². The van der Waals surface area contributed by atoms with Gasteiger partial charge in [-0.3, -0.25) is 4.79 Å². The smallest absolute Gasteiger partial charge is 0.326 e. The van der Waals surface area contributed by atoms with E-state index in [1.54, 1.807) is 0 Å². The molecule has 0 unspecified atom stereocenters. The van der Waals surface area contributed by atoms with Gasteiger partial charge in [-0.05, 0) is 41.2 Å². The average Bonchev–Trinajstić information content (AvgIpc) is 2.80. The van der Waals surface area contributed by atoms with Crippen molar-refractivity contribution in [2.45, 2.75) is 59.5 Å². The van der Waals surface area contributed by atoms with Crippen molar-refractivity contribution in [3.63, 3.8) is 0 Å². The summed E-state index contributed by atoms with van der Waals surface area (Å²) in [5.41, 5.74) is 4.39. The fourth-order valence-corrected chi connectivity index (χ4v) is 3.78. The van der Waals surface area contributed by atoms with E-state index in [9.17, 15) is 14.7 Å². The zero-order valence-electron chi connectivity index (χ0n) is 19.7. The third-order valence-corrected chi connectivity index (χ3v) is 5.47. The lowest BCUT2D eigenvalue weighted by Crippen LogP contribution is -2.47. The van der Waals surface area contributed by atoms with Crippen molar-refractivity contribution in [2.75, 3.05) is 0 Å². The number of carbonyl (C=O) groups excluding carboxylic acids is 1. The van der Waals surface area contributed by atoms with Gasteiger partial charge in [0.25, 0.3) is 0 Å². The van der Waals surface area contributed by atoms with Crippen LogP contribution in [0.1, 0.15) is 58.1 Å². The average molecular weight is 452 g/mol. The summed E-state index contributed by atoms with van der Waals surface area (Å²) in [6, 6.07) is 14.7. The number of unbranched alkanes of at least 4 members (excludes halogenated alkanes) is 1. The molecule has 0 saturated carbocycles. The highest BCUT2D eigenvalue weighted by Crippen LogP contribution is 2.26. The summed E-state index contributed by atoms with van der Waals surface area (Å²) in [5, 5.41) is 20.5. The van der Waals surface area contributed by atoms with E-state index in [0.717, 1.165) is 35.1 Å². The molecule has 33 heavy (non-hydrogen) atoms. The molecule has 0 aliphatic carbocycles. The largest absolute Gasteiger partial charge is 0.480 e. The monoisotopic (exact) mass is 451 g/mol. The van der Waals surface area contributed by atoms with Gasteiger partial charge in [0.1, 0.15) is 6.04 Å². The summed E-state index contributed by atoms with van der Waals surface area (Å²) in [6.45, 7) is 7.74. The molecule has 0 fully saturated rings. The van der Waals surface area contributed by atoms with E-state index in [-0.39, 0.29) is 18.4 Å². The first-order chi connectivity index (χ1) is 15.8. The molecule has 0 heterocycles. The van der Waals surface area contributed by atoms with Gasteiger partial charge in [0.2, 0.25) is 5.91 Å². The van der Waals surface area contributed by atoms with Crippen LogP contribution in [0.5, 0.6) is 0 Å². The van der Waals surface area contributed by atoms with Gasteiger partial charge in [-0.2, -0.15) is 0 Å². The Labute approximate surface area is 195 Å². The Hall–Kier alpha value is -3.55. The second-order valence-corrected chi connectivity index (χ2v) is 8.29. The van der Waals surface area contributed by atoms with Gasteiger partial charge in [-0.15, -0.1) is 5.10 Å². The number of rotatable bonds is 11. The predicted molar refractivity (Wildman–Crippen MR) is 129 cm³/mol. The minimum Gasteiger partial charge on any atom is -0.480 e. The molecule has 8 heteroatoms. The molecule has 8 nitrogen and oxygen atoms in total. The van der Waals surface area contributed by atoms with Crippen molar-refractivity contribution in [1.82, 2.24) is 4.90 Å². The molecular weight excluding hydrogens is 418 g/mol. The molecule has 176 valence electrons. The van der Waals surface area contributed by atoms with Crippen LogP contribution in [-0.2, 0) is 16.1 Å². The maximum atomic E-state index is 12.9. The van der Waals surface area contributed by atoms with Crippen molar-refractivity contribution >= 4 is 17.6 Å². The van der Waals surface area contributed by atoms with Crippen LogP contribution in [0.3, 0.4) is 0 Å². The molecule has 0 aliphatic rings. The van der Waals surface area contributed by atoms with E-state index in [4.69, 9.17) is 5.84 Å². The Kier molecular flexibility index (Phi) is 9.72. The number of carboxylic acid groups (broad SMARTS) is 1. The first-order valence-corrected chi connectivity index (χ1v) is 11.2. The van der Waals surface area contributed by atoms with Gasteiger partial charge in [-0.25, -0.2) is 4.79 Å². The number of aliphatic carboxylic acids is 1. The maximum absolute atomic E-state index is 12.9. The van der Waals surface area contributed by atoms with E-state index >= 15 is 0 Å². The molecule has 2 rings (SSSR count). The number of carbonyl (C=O) groups is 2. The number of nitrogens with two attached hydrogens (primary N) is 1. The topological polar surface area (TPSA) is 121 Å². The molecule has 0 aliphatic heterocycles. The van der Waals surface area contributed by atoms with Crippen molar-refractivity contribution in [2.24, 2.45) is 27.3 Å². The number of nitrogens with zero attached hydrogens (tertiary/aromatic N) is 4. The highest BCUT2D eigenvalue weighted by molar-refractivity contribution is 6.04.